The summed E-state index contributed by atoms with van der Waals surface area (Å²) in [4.78, 5) is 4.60. The summed E-state index contributed by atoms with van der Waals surface area (Å²) < 4.78 is 7.14. The Morgan fingerprint density at radius 3 is 3.00 bits per heavy atom. The molecule has 0 N–H and O–H groups in total. The molecule has 8 nitrogen and oxygen atoms in total. The third-order valence-corrected chi connectivity index (χ3v) is 4.93. The molecular formula is C16H19N7O. The van der Waals surface area contributed by atoms with Gasteiger partial charge in [-0.05, 0) is 32.0 Å². The van der Waals surface area contributed by atoms with Gasteiger partial charge in [0.25, 0.3) is 0 Å². The van der Waals surface area contributed by atoms with Crippen LogP contribution in [0.4, 0.5) is 5.82 Å². The minimum atomic E-state index is 0.504. The maximum atomic E-state index is 5.43. The van der Waals surface area contributed by atoms with E-state index in [9.17, 15) is 0 Å². The summed E-state index contributed by atoms with van der Waals surface area (Å²) in [6.45, 7) is 2.75. The third kappa shape index (κ3) is 2.43. The van der Waals surface area contributed by atoms with Crippen molar-refractivity contribution in [1.82, 2.24) is 29.9 Å². The van der Waals surface area contributed by atoms with Crippen LogP contribution in [-0.4, -0.2) is 56.0 Å². The largest absolute Gasteiger partial charge is 0.361 e. The van der Waals surface area contributed by atoms with E-state index in [-0.39, 0.29) is 0 Å². The van der Waals surface area contributed by atoms with Crippen LogP contribution >= 0.6 is 0 Å². The van der Waals surface area contributed by atoms with E-state index < -0.39 is 0 Å². The summed E-state index contributed by atoms with van der Waals surface area (Å²) in [7, 11) is 2.14. The Labute approximate surface area is 139 Å². The Balaban J connectivity index is 1.20. The van der Waals surface area contributed by atoms with Gasteiger partial charge in [-0.2, -0.15) is 4.52 Å². The molecule has 2 aliphatic rings. The summed E-state index contributed by atoms with van der Waals surface area (Å²) in [6, 6.07) is 6.57. The highest BCUT2D eigenvalue weighted by molar-refractivity contribution is 5.47. The molecule has 24 heavy (non-hydrogen) atoms. The van der Waals surface area contributed by atoms with E-state index in [1.54, 1.807) is 10.8 Å². The van der Waals surface area contributed by atoms with Crippen molar-refractivity contribution < 1.29 is 4.52 Å². The molecule has 3 aromatic heterocycles. The smallest absolute Gasteiger partial charge is 0.177 e. The molecular weight excluding hydrogens is 306 g/mol. The molecule has 1 saturated carbocycles. The summed E-state index contributed by atoms with van der Waals surface area (Å²) in [6.07, 6.45) is 4.11. The van der Waals surface area contributed by atoms with Crippen molar-refractivity contribution >= 4 is 11.5 Å². The quantitative estimate of drug-likeness (QED) is 0.700. The maximum Gasteiger partial charge on any atom is 0.177 e. The molecule has 0 atom stereocenters. The predicted octanol–water partition coefficient (Wildman–Crippen LogP) is 1.31. The fourth-order valence-electron chi connectivity index (χ4n) is 3.16. The van der Waals surface area contributed by atoms with Crippen molar-refractivity contribution in [3.63, 3.8) is 0 Å². The number of anilines is 1. The van der Waals surface area contributed by atoms with E-state index in [1.807, 2.05) is 12.1 Å². The van der Waals surface area contributed by atoms with Crippen LogP contribution < -0.4 is 4.90 Å². The third-order valence-electron chi connectivity index (χ3n) is 4.93. The van der Waals surface area contributed by atoms with Gasteiger partial charge in [0.2, 0.25) is 0 Å². The van der Waals surface area contributed by atoms with Gasteiger partial charge in [0.1, 0.15) is 17.9 Å². The lowest BCUT2D eigenvalue weighted by molar-refractivity contribution is 0.191. The fraction of sp³-hybridized carbons (Fsp3) is 0.500. The first-order valence-electron chi connectivity index (χ1n) is 8.34. The number of hydrogen-bond acceptors (Lipinski definition) is 7. The Hall–Kier alpha value is -2.48. The van der Waals surface area contributed by atoms with Gasteiger partial charge in [0.15, 0.2) is 5.65 Å². The zero-order chi connectivity index (χ0) is 16.1. The van der Waals surface area contributed by atoms with Crippen molar-refractivity contribution in [3.8, 4) is 0 Å². The van der Waals surface area contributed by atoms with Crippen molar-refractivity contribution in [2.24, 2.45) is 0 Å². The molecule has 8 heteroatoms. The highest BCUT2D eigenvalue weighted by Crippen LogP contribution is 2.40. The first-order chi connectivity index (χ1) is 11.8. The fourth-order valence-corrected chi connectivity index (χ4v) is 3.16. The van der Waals surface area contributed by atoms with Gasteiger partial charge in [-0.15, -0.1) is 15.3 Å². The lowest BCUT2D eigenvalue weighted by Crippen LogP contribution is -2.58. The molecule has 0 amide bonds. The van der Waals surface area contributed by atoms with E-state index in [0.717, 1.165) is 42.6 Å². The van der Waals surface area contributed by atoms with Gasteiger partial charge < -0.3 is 9.42 Å². The van der Waals surface area contributed by atoms with E-state index >= 15 is 0 Å². The minimum absolute atomic E-state index is 0.504. The van der Waals surface area contributed by atoms with Crippen LogP contribution in [0.15, 0.2) is 29.0 Å². The molecule has 0 radical (unpaired) electrons. The van der Waals surface area contributed by atoms with E-state index in [0.29, 0.717) is 12.0 Å². The van der Waals surface area contributed by atoms with Crippen LogP contribution in [0.5, 0.6) is 0 Å². The van der Waals surface area contributed by atoms with Gasteiger partial charge in [0, 0.05) is 37.7 Å². The molecule has 2 fully saturated rings. The molecule has 1 aliphatic carbocycles. The minimum Gasteiger partial charge on any atom is -0.361 e. The second-order valence-electron chi connectivity index (χ2n) is 6.79. The van der Waals surface area contributed by atoms with Crippen molar-refractivity contribution in [2.75, 3.05) is 25.0 Å². The average molecular weight is 325 g/mol. The molecule has 5 rings (SSSR count). The Bertz CT molecular complexity index is 862. The van der Waals surface area contributed by atoms with Gasteiger partial charge in [-0.25, -0.2) is 0 Å². The summed E-state index contributed by atoms with van der Waals surface area (Å²) in [5.74, 6) is 2.64. The van der Waals surface area contributed by atoms with Crippen molar-refractivity contribution in [1.29, 1.82) is 0 Å². The van der Waals surface area contributed by atoms with Crippen LogP contribution in [0, 0.1) is 0 Å². The SMILES string of the molecule is CN(Cc1cc(C2CC2)on1)C1CN(c2ccc3nncn3n2)C1. The van der Waals surface area contributed by atoms with Gasteiger partial charge in [0.05, 0.1) is 5.69 Å². The Kier molecular flexibility index (Phi) is 3.05. The zero-order valence-electron chi connectivity index (χ0n) is 13.5. The second kappa shape index (κ2) is 5.27. The first-order valence-corrected chi connectivity index (χ1v) is 8.34. The standard InChI is InChI=1S/C16H19N7O/c1-21(7-12-6-14(24-20-12)11-2-3-11)13-8-22(9-13)16-5-4-15-18-17-10-23(15)19-16/h4-6,10-11,13H,2-3,7-9H2,1H3. The molecule has 0 bridgehead atoms. The lowest BCUT2D eigenvalue weighted by Gasteiger charge is -2.44. The number of nitrogens with zero attached hydrogens (tertiary/aromatic N) is 7. The van der Waals surface area contributed by atoms with Crippen molar-refractivity contribution in [3.05, 3.63) is 36.0 Å². The Morgan fingerprint density at radius 2 is 2.17 bits per heavy atom. The molecule has 0 aromatic carbocycles. The number of likely N-dealkylation sites (N-methyl/N-ethyl adjacent to an activating group) is 1. The highest BCUT2D eigenvalue weighted by atomic mass is 16.5. The van der Waals surface area contributed by atoms with E-state index in [1.165, 1.54) is 12.8 Å². The summed E-state index contributed by atoms with van der Waals surface area (Å²) in [5.41, 5.74) is 1.80. The molecule has 3 aromatic rings. The summed E-state index contributed by atoms with van der Waals surface area (Å²) >= 11 is 0. The lowest BCUT2D eigenvalue weighted by atomic mass is 10.1. The molecule has 0 unspecified atom stereocenters. The first kappa shape index (κ1) is 13.9. The average Bonchev–Trinajstić information content (AvgIpc) is 3.09. The zero-order valence-corrected chi connectivity index (χ0v) is 13.5. The number of fused-ring (bicyclic) bond motifs is 1. The van der Waals surface area contributed by atoms with Gasteiger partial charge in [-0.3, -0.25) is 4.90 Å². The van der Waals surface area contributed by atoms with Crippen LogP contribution in [0.3, 0.4) is 0 Å². The monoisotopic (exact) mass is 325 g/mol. The van der Waals surface area contributed by atoms with Gasteiger partial charge >= 0.3 is 0 Å². The van der Waals surface area contributed by atoms with Crippen LogP contribution in [-0.2, 0) is 6.54 Å². The molecule has 0 spiro atoms. The van der Waals surface area contributed by atoms with Crippen LogP contribution in [0.1, 0.15) is 30.2 Å². The Morgan fingerprint density at radius 1 is 1.29 bits per heavy atom. The number of aromatic nitrogens is 5. The predicted molar refractivity (Wildman–Crippen MR) is 86.7 cm³/mol. The van der Waals surface area contributed by atoms with Gasteiger partial charge in [-0.1, -0.05) is 5.16 Å². The topological polar surface area (TPSA) is 75.6 Å². The summed E-state index contributed by atoms with van der Waals surface area (Å²) in [5, 5.41) is 16.6. The molecule has 4 heterocycles. The van der Waals surface area contributed by atoms with E-state index in [2.05, 4.69) is 43.4 Å². The number of rotatable bonds is 5. The van der Waals surface area contributed by atoms with Crippen LogP contribution in [0.2, 0.25) is 0 Å². The number of hydrogen-bond donors (Lipinski definition) is 0. The maximum absolute atomic E-state index is 5.43. The molecule has 124 valence electrons. The second-order valence-corrected chi connectivity index (χ2v) is 6.79. The molecule has 1 aliphatic heterocycles. The van der Waals surface area contributed by atoms with Crippen molar-refractivity contribution in [2.45, 2.75) is 31.3 Å². The normalized spacial score (nSPS) is 18.5. The highest BCUT2D eigenvalue weighted by Gasteiger charge is 2.32. The van der Waals surface area contributed by atoms with Crippen LogP contribution in [0.25, 0.3) is 5.65 Å². The molecule has 1 saturated heterocycles. The van der Waals surface area contributed by atoms with E-state index in [4.69, 9.17) is 4.52 Å².